The Morgan fingerprint density at radius 2 is 2.21 bits per heavy atom. The number of anilines is 1. The molecule has 0 bridgehead atoms. The molecule has 4 nitrogen and oxygen atoms in total. The van der Waals surface area contributed by atoms with Crippen molar-refractivity contribution < 1.29 is 4.79 Å². The number of carbonyl (C=O) groups excluding carboxylic acids is 1. The molecule has 106 valence electrons. The van der Waals surface area contributed by atoms with E-state index in [1.54, 1.807) is 17.2 Å². The zero-order valence-corrected chi connectivity index (χ0v) is 12.8. The van der Waals surface area contributed by atoms with Crippen LogP contribution in [0.15, 0.2) is 12.3 Å². The van der Waals surface area contributed by atoms with Gasteiger partial charge in [0.05, 0.1) is 10.6 Å². The third-order valence-corrected chi connectivity index (χ3v) is 3.41. The molecule has 1 rings (SSSR count). The van der Waals surface area contributed by atoms with Crippen LogP contribution in [-0.2, 0) is 0 Å². The normalized spacial score (nSPS) is 12.1. The summed E-state index contributed by atoms with van der Waals surface area (Å²) in [5.41, 5.74) is 0.525. The lowest BCUT2D eigenvalue weighted by molar-refractivity contribution is 0.0736. The van der Waals surface area contributed by atoms with Crippen LogP contribution in [0.2, 0.25) is 5.02 Å². The van der Waals surface area contributed by atoms with E-state index in [-0.39, 0.29) is 11.9 Å². The second-order valence-electron chi connectivity index (χ2n) is 4.64. The Bertz CT molecular complexity index is 437. The lowest BCUT2D eigenvalue weighted by atomic mass is 10.1. The smallest absolute Gasteiger partial charge is 0.255 e. The highest BCUT2D eigenvalue weighted by Crippen LogP contribution is 2.21. The highest BCUT2D eigenvalue weighted by molar-refractivity contribution is 6.33. The van der Waals surface area contributed by atoms with Crippen LogP contribution in [0.3, 0.4) is 0 Å². The maximum absolute atomic E-state index is 12.3. The number of carbonyl (C=O) groups is 1. The predicted octanol–water partition coefficient (Wildman–Crippen LogP) is 3.43. The average molecular weight is 284 g/mol. The van der Waals surface area contributed by atoms with Crippen molar-refractivity contribution in [1.29, 1.82) is 0 Å². The maximum atomic E-state index is 12.3. The van der Waals surface area contributed by atoms with Gasteiger partial charge in [-0.05, 0) is 26.3 Å². The van der Waals surface area contributed by atoms with E-state index < -0.39 is 0 Å². The predicted molar refractivity (Wildman–Crippen MR) is 79.9 cm³/mol. The zero-order valence-electron chi connectivity index (χ0n) is 12.0. The van der Waals surface area contributed by atoms with E-state index in [0.717, 1.165) is 19.4 Å². The fourth-order valence-electron chi connectivity index (χ4n) is 1.87. The Labute approximate surface area is 120 Å². The van der Waals surface area contributed by atoms with E-state index in [1.165, 1.54) is 0 Å². The number of hydrogen-bond acceptors (Lipinski definition) is 3. The van der Waals surface area contributed by atoms with E-state index in [9.17, 15) is 4.79 Å². The van der Waals surface area contributed by atoms with E-state index in [2.05, 4.69) is 17.2 Å². The molecule has 0 aliphatic rings. The third-order valence-electron chi connectivity index (χ3n) is 3.12. The monoisotopic (exact) mass is 283 g/mol. The molecule has 0 saturated heterocycles. The van der Waals surface area contributed by atoms with Crippen LogP contribution in [0.4, 0.5) is 5.82 Å². The van der Waals surface area contributed by atoms with Gasteiger partial charge in [-0.15, -0.1) is 0 Å². The average Bonchev–Trinajstić information content (AvgIpc) is 2.40. The van der Waals surface area contributed by atoms with Crippen LogP contribution in [0, 0.1) is 0 Å². The molecule has 1 amide bonds. The minimum Gasteiger partial charge on any atom is -0.369 e. The van der Waals surface area contributed by atoms with Gasteiger partial charge in [-0.3, -0.25) is 4.79 Å². The molecule has 0 saturated carbocycles. The van der Waals surface area contributed by atoms with Gasteiger partial charge >= 0.3 is 0 Å². The Balaban J connectivity index is 2.85. The van der Waals surface area contributed by atoms with Crippen molar-refractivity contribution in [2.45, 2.75) is 39.7 Å². The van der Waals surface area contributed by atoms with Crippen molar-refractivity contribution in [1.82, 2.24) is 9.88 Å². The van der Waals surface area contributed by atoms with Crippen LogP contribution in [0.25, 0.3) is 0 Å². The minimum absolute atomic E-state index is 0.0431. The van der Waals surface area contributed by atoms with Crippen molar-refractivity contribution in [3.63, 3.8) is 0 Å². The summed E-state index contributed by atoms with van der Waals surface area (Å²) in [4.78, 5) is 18.2. The molecule has 0 aliphatic heterocycles. The summed E-state index contributed by atoms with van der Waals surface area (Å²) < 4.78 is 0. The van der Waals surface area contributed by atoms with Gasteiger partial charge in [-0.1, -0.05) is 24.9 Å². The third kappa shape index (κ3) is 4.10. The first kappa shape index (κ1) is 15.8. The summed E-state index contributed by atoms with van der Waals surface area (Å²) in [7, 11) is 1.81. The van der Waals surface area contributed by atoms with E-state index in [1.807, 2.05) is 20.9 Å². The van der Waals surface area contributed by atoms with E-state index >= 15 is 0 Å². The Morgan fingerprint density at radius 1 is 1.53 bits per heavy atom. The molecule has 19 heavy (non-hydrogen) atoms. The summed E-state index contributed by atoms with van der Waals surface area (Å²) in [6.07, 6.45) is 3.61. The first-order valence-corrected chi connectivity index (χ1v) is 7.05. The molecule has 0 radical (unpaired) electrons. The van der Waals surface area contributed by atoms with Gasteiger partial charge in [0.15, 0.2) is 0 Å². The standard InChI is InChI=1S/C14H22ClN3O/c1-5-7-10(3)18(4)14(19)11-8-12(15)13(16-6-2)17-9-11/h8-10H,5-7H2,1-4H3,(H,16,17). The van der Waals surface area contributed by atoms with Crippen LogP contribution in [0.1, 0.15) is 44.0 Å². The van der Waals surface area contributed by atoms with Gasteiger partial charge in [-0.25, -0.2) is 4.98 Å². The number of hydrogen-bond donors (Lipinski definition) is 1. The summed E-state index contributed by atoms with van der Waals surface area (Å²) >= 11 is 6.10. The maximum Gasteiger partial charge on any atom is 0.255 e. The van der Waals surface area contributed by atoms with Crippen LogP contribution >= 0.6 is 11.6 Å². The van der Waals surface area contributed by atoms with Gasteiger partial charge in [0.25, 0.3) is 5.91 Å². The molecular weight excluding hydrogens is 262 g/mol. The number of nitrogens with one attached hydrogen (secondary N) is 1. The van der Waals surface area contributed by atoms with Gasteiger partial charge < -0.3 is 10.2 Å². The molecule has 5 heteroatoms. The molecular formula is C14H22ClN3O. The second-order valence-corrected chi connectivity index (χ2v) is 5.05. The summed E-state index contributed by atoms with van der Waals surface area (Å²) in [6.45, 7) is 6.87. The summed E-state index contributed by atoms with van der Waals surface area (Å²) in [6, 6.07) is 1.88. The van der Waals surface area contributed by atoms with Crippen LogP contribution in [-0.4, -0.2) is 35.4 Å². The minimum atomic E-state index is -0.0431. The first-order chi connectivity index (χ1) is 9.01. The number of rotatable bonds is 6. The van der Waals surface area contributed by atoms with E-state index in [4.69, 9.17) is 11.6 Å². The number of amides is 1. The largest absolute Gasteiger partial charge is 0.369 e. The quantitative estimate of drug-likeness (QED) is 0.870. The highest BCUT2D eigenvalue weighted by Gasteiger charge is 2.18. The van der Waals surface area contributed by atoms with Gasteiger partial charge in [0.1, 0.15) is 5.82 Å². The first-order valence-electron chi connectivity index (χ1n) is 6.67. The number of aromatic nitrogens is 1. The lowest BCUT2D eigenvalue weighted by Crippen LogP contribution is -2.35. The molecule has 1 aromatic rings. The Morgan fingerprint density at radius 3 is 2.74 bits per heavy atom. The molecule has 0 aliphatic carbocycles. The van der Waals surface area contributed by atoms with Gasteiger partial charge in [0, 0.05) is 25.8 Å². The molecule has 1 atom stereocenters. The molecule has 0 spiro atoms. The summed E-state index contributed by atoms with van der Waals surface area (Å²) in [5, 5.41) is 3.52. The zero-order chi connectivity index (χ0) is 14.4. The number of nitrogens with zero attached hydrogens (tertiary/aromatic N) is 2. The van der Waals surface area contributed by atoms with Gasteiger partial charge in [-0.2, -0.15) is 0 Å². The molecule has 0 aromatic carbocycles. The van der Waals surface area contributed by atoms with Crippen molar-refractivity contribution in [2.75, 3.05) is 18.9 Å². The Hall–Kier alpha value is -1.29. The Kier molecular flexibility index (Phi) is 6.09. The SMILES string of the molecule is CCCC(C)N(C)C(=O)c1cnc(NCC)c(Cl)c1. The fourth-order valence-corrected chi connectivity index (χ4v) is 2.10. The second kappa shape index (κ2) is 7.34. The van der Waals surface area contributed by atoms with Gasteiger partial charge in [0.2, 0.25) is 0 Å². The van der Waals surface area contributed by atoms with E-state index in [0.29, 0.717) is 16.4 Å². The number of halogens is 1. The topological polar surface area (TPSA) is 45.2 Å². The van der Waals surface area contributed by atoms with Crippen LogP contribution < -0.4 is 5.32 Å². The molecule has 1 aromatic heterocycles. The molecule has 0 fully saturated rings. The number of pyridine rings is 1. The highest BCUT2D eigenvalue weighted by atomic mass is 35.5. The van der Waals surface area contributed by atoms with Crippen molar-refractivity contribution in [3.05, 3.63) is 22.8 Å². The summed E-state index contributed by atoms with van der Waals surface area (Å²) in [5.74, 6) is 0.573. The van der Waals surface area contributed by atoms with Crippen molar-refractivity contribution in [2.24, 2.45) is 0 Å². The van der Waals surface area contributed by atoms with Crippen molar-refractivity contribution in [3.8, 4) is 0 Å². The molecule has 1 heterocycles. The molecule has 1 unspecified atom stereocenters. The lowest BCUT2D eigenvalue weighted by Gasteiger charge is -2.24. The fraction of sp³-hybridized carbons (Fsp3) is 0.571. The van der Waals surface area contributed by atoms with Crippen molar-refractivity contribution >= 4 is 23.3 Å². The van der Waals surface area contributed by atoms with Crippen LogP contribution in [0.5, 0.6) is 0 Å². The molecule has 1 N–H and O–H groups in total.